The zero-order chi connectivity index (χ0) is 24.0. The Kier molecular flexibility index (Phi) is 8.32. The van der Waals surface area contributed by atoms with Crippen LogP contribution >= 0.6 is 11.8 Å². The van der Waals surface area contributed by atoms with Crippen molar-refractivity contribution in [3.05, 3.63) is 42.5 Å². The second-order valence-corrected chi connectivity index (χ2v) is 9.35. The summed E-state index contributed by atoms with van der Waals surface area (Å²) in [5, 5.41) is 26.4. The van der Waals surface area contributed by atoms with Gasteiger partial charge in [0.25, 0.3) is 0 Å². The number of rotatable bonds is 9. The molecule has 0 spiro atoms. The number of benzene rings is 2. The lowest BCUT2D eigenvalue weighted by Gasteiger charge is -2.31. The standard InChI is InChI=1S/C24H28N2O6S/c1-33-9-8-20(22(28)25-19-7-6-14-4-2-3-5-15(14)13-19)26-21(27)16-10-17(23(29)30)12-18(11-16)24(31)32/h2-7,13,16-18,20H,8-12H2,1H3,(H,25,28)(H,26,27)(H,29,30)(H,31,32)/t16?,17-,18+,20-/m0/s1. The summed E-state index contributed by atoms with van der Waals surface area (Å²) < 4.78 is 0. The Labute approximate surface area is 196 Å². The quantitative estimate of drug-likeness (QED) is 0.440. The van der Waals surface area contributed by atoms with E-state index in [1.165, 1.54) is 0 Å². The molecule has 1 fully saturated rings. The summed E-state index contributed by atoms with van der Waals surface area (Å²) in [6.45, 7) is 0. The van der Waals surface area contributed by atoms with Crippen molar-refractivity contribution in [1.29, 1.82) is 0 Å². The highest BCUT2D eigenvalue weighted by atomic mass is 32.2. The number of thioether (sulfide) groups is 1. The van der Waals surface area contributed by atoms with Crippen LogP contribution in [-0.4, -0.2) is 52.0 Å². The van der Waals surface area contributed by atoms with E-state index in [-0.39, 0.29) is 25.2 Å². The Morgan fingerprint density at radius 1 is 0.939 bits per heavy atom. The smallest absolute Gasteiger partial charge is 0.306 e. The first-order chi connectivity index (χ1) is 15.8. The maximum Gasteiger partial charge on any atom is 0.306 e. The number of carboxylic acids is 2. The molecule has 8 nitrogen and oxygen atoms in total. The fraction of sp³-hybridized carbons (Fsp3) is 0.417. The topological polar surface area (TPSA) is 133 Å². The van der Waals surface area contributed by atoms with Crippen LogP contribution in [0, 0.1) is 17.8 Å². The highest BCUT2D eigenvalue weighted by Gasteiger charge is 2.39. The van der Waals surface area contributed by atoms with Gasteiger partial charge in [0.2, 0.25) is 11.8 Å². The summed E-state index contributed by atoms with van der Waals surface area (Å²) in [4.78, 5) is 48.9. The Balaban J connectivity index is 1.71. The number of fused-ring (bicyclic) bond motifs is 1. The molecule has 0 radical (unpaired) electrons. The van der Waals surface area contributed by atoms with E-state index in [1.54, 1.807) is 17.8 Å². The molecule has 2 amide bonds. The van der Waals surface area contributed by atoms with Crippen LogP contribution in [0.5, 0.6) is 0 Å². The molecule has 0 heterocycles. The molecule has 1 aliphatic rings. The molecule has 1 aliphatic carbocycles. The molecule has 1 saturated carbocycles. The van der Waals surface area contributed by atoms with E-state index in [2.05, 4.69) is 10.6 Å². The number of amides is 2. The Bertz CT molecular complexity index is 1020. The van der Waals surface area contributed by atoms with E-state index < -0.39 is 41.6 Å². The summed E-state index contributed by atoms with van der Waals surface area (Å²) in [6, 6.07) is 12.5. The molecule has 1 unspecified atom stereocenters. The molecule has 4 N–H and O–H groups in total. The van der Waals surface area contributed by atoms with Crippen LogP contribution in [0.1, 0.15) is 25.7 Å². The number of hydrogen-bond donors (Lipinski definition) is 4. The normalized spacial score (nSPS) is 21.2. The van der Waals surface area contributed by atoms with Gasteiger partial charge in [-0.2, -0.15) is 11.8 Å². The molecule has 0 aromatic heterocycles. The van der Waals surface area contributed by atoms with Crippen molar-refractivity contribution in [1.82, 2.24) is 5.32 Å². The minimum Gasteiger partial charge on any atom is -0.481 e. The molecule has 0 saturated heterocycles. The predicted octanol–water partition coefficient (Wildman–Crippen LogP) is 3.22. The SMILES string of the molecule is CSCC[C@H](NC(=O)C1C[C@@H](C(=O)O)C[C@@H](C(=O)O)C1)C(=O)Nc1ccc2ccccc2c1. The largest absolute Gasteiger partial charge is 0.481 e. The molecule has 9 heteroatoms. The average molecular weight is 473 g/mol. The van der Waals surface area contributed by atoms with Gasteiger partial charge in [0.05, 0.1) is 11.8 Å². The molecule has 4 atom stereocenters. The molecule has 0 aliphatic heterocycles. The first-order valence-corrected chi connectivity index (χ1v) is 12.2. The van der Waals surface area contributed by atoms with Crippen LogP contribution in [0.3, 0.4) is 0 Å². The second-order valence-electron chi connectivity index (χ2n) is 8.37. The van der Waals surface area contributed by atoms with Crippen LogP contribution in [0.25, 0.3) is 10.8 Å². The van der Waals surface area contributed by atoms with Crippen LogP contribution in [-0.2, 0) is 19.2 Å². The maximum atomic E-state index is 13.0. The van der Waals surface area contributed by atoms with Crippen LogP contribution < -0.4 is 10.6 Å². The first kappa shape index (κ1) is 24.6. The van der Waals surface area contributed by atoms with E-state index in [0.29, 0.717) is 17.9 Å². The third-order valence-electron chi connectivity index (χ3n) is 6.04. The van der Waals surface area contributed by atoms with E-state index in [9.17, 15) is 29.4 Å². The van der Waals surface area contributed by atoms with Crippen molar-refractivity contribution in [2.75, 3.05) is 17.3 Å². The lowest BCUT2D eigenvalue weighted by Crippen LogP contribution is -2.48. The predicted molar refractivity (Wildman–Crippen MR) is 127 cm³/mol. The van der Waals surface area contributed by atoms with Gasteiger partial charge in [0, 0.05) is 11.6 Å². The minimum absolute atomic E-state index is 0.00675. The zero-order valence-corrected chi connectivity index (χ0v) is 19.1. The van der Waals surface area contributed by atoms with E-state index in [0.717, 1.165) is 10.8 Å². The number of carbonyl (C=O) groups excluding carboxylic acids is 2. The lowest BCUT2D eigenvalue weighted by molar-refractivity contribution is -0.150. The van der Waals surface area contributed by atoms with Gasteiger partial charge in [-0.05, 0) is 60.6 Å². The van der Waals surface area contributed by atoms with Gasteiger partial charge in [-0.1, -0.05) is 30.3 Å². The van der Waals surface area contributed by atoms with Crippen molar-refractivity contribution in [3.8, 4) is 0 Å². The average Bonchev–Trinajstić information content (AvgIpc) is 2.81. The first-order valence-electron chi connectivity index (χ1n) is 10.8. The molecular weight excluding hydrogens is 444 g/mol. The number of anilines is 1. The fourth-order valence-corrected chi connectivity index (χ4v) is 4.70. The van der Waals surface area contributed by atoms with Gasteiger partial charge >= 0.3 is 11.9 Å². The third kappa shape index (κ3) is 6.47. The molecule has 0 bridgehead atoms. The Hall–Kier alpha value is -3.07. The van der Waals surface area contributed by atoms with E-state index >= 15 is 0 Å². The van der Waals surface area contributed by atoms with Crippen molar-refractivity contribution in [2.24, 2.45) is 17.8 Å². The molecular formula is C24H28N2O6S. The van der Waals surface area contributed by atoms with Crippen molar-refractivity contribution in [3.63, 3.8) is 0 Å². The zero-order valence-electron chi connectivity index (χ0n) is 18.3. The van der Waals surface area contributed by atoms with E-state index in [1.807, 2.05) is 42.7 Å². The summed E-state index contributed by atoms with van der Waals surface area (Å²) in [5.74, 6) is -4.99. The van der Waals surface area contributed by atoms with Crippen LogP contribution in [0.2, 0.25) is 0 Å². The summed E-state index contributed by atoms with van der Waals surface area (Å²) >= 11 is 1.54. The highest BCUT2D eigenvalue weighted by molar-refractivity contribution is 7.98. The minimum atomic E-state index is -1.10. The van der Waals surface area contributed by atoms with Gasteiger partial charge in [-0.15, -0.1) is 0 Å². The second kappa shape index (κ2) is 11.2. The fourth-order valence-electron chi connectivity index (χ4n) is 4.23. The number of aliphatic carboxylic acids is 2. The monoisotopic (exact) mass is 472 g/mol. The summed E-state index contributed by atoms with van der Waals surface area (Å²) in [7, 11) is 0. The number of carbonyl (C=O) groups is 4. The van der Waals surface area contributed by atoms with Gasteiger partial charge in [0.15, 0.2) is 0 Å². The third-order valence-corrected chi connectivity index (χ3v) is 6.68. The van der Waals surface area contributed by atoms with Crippen LogP contribution in [0.15, 0.2) is 42.5 Å². The molecule has 33 heavy (non-hydrogen) atoms. The summed E-state index contributed by atoms with van der Waals surface area (Å²) in [6.07, 6.45) is 2.42. The number of carboxylic acid groups (broad SMARTS) is 2. The van der Waals surface area contributed by atoms with Gasteiger partial charge < -0.3 is 20.8 Å². The van der Waals surface area contributed by atoms with Gasteiger partial charge in [-0.3, -0.25) is 19.2 Å². The molecule has 176 valence electrons. The van der Waals surface area contributed by atoms with Crippen molar-refractivity contribution in [2.45, 2.75) is 31.7 Å². The molecule has 2 aromatic carbocycles. The van der Waals surface area contributed by atoms with Crippen molar-refractivity contribution >= 4 is 52.0 Å². The summed E-state index contributed by atoms with van der Waals surface area (Å²) in [5.41, 5.74) is 0.608. The highest BCUT2D eigenvalue weighted by Crippen LogP contribution is 2.34. The molecule has 2 aromatic rings. The maximum absolute atomic E-state index is 13.0. The Morgan fingerprint density at radius 2 is 1.55 bits per heavy atom. The number of nitrogens with one attached hydrogen (secondary N) is 2. The molecule has 3 rings (SSSR count). The Morgan fingerprint density at radius 3 is 2.15 bits per heavy atom. The van der Waals surface area contributed by atoms with Crippen molar-refractivity contribution < 1.29 is 29.4 Å². The van der Waals surface area contributed by atoms with Crippen LogP contribution in [0.4, 0.5) is 5.69 Å². The van der Waals surface area contributed by atoms with Gasteiger partial charge in [0.1, 0.15) is 6.04 Å². The lowest BCUT2D eigenvalue weighted by atomic mass is 9.74. The van der Waals surface area contributed by atoms with Gasteiger partial charge in [-0.25, -0.2) is 0 Å². The number of hydrogen-bond acceptors (Lipinski definition) is 5. The van der Waals surface area contributed by atoms with E-state index in [4.69, 9.17) is 0 Å².